The molecule has 0 fully saturated rings. The number of unbranched alkanes of at least 4 members (excludes halogenated alkanes) is 5. The van der Waals surface area contributed by atoms with Gasteiger partial charge in [0.05, 0.1) is 6.20 Å². The lowest BCUT2D eigenvalue weighted by Gasteiger charge is -2.44. The third kappa shape index (κ3) is 9.03. The Hall–Kier alpha value is -6.16. The second kappa shape index (κ2) is 20.6. The number of hydrogen-bond donors (Lipinski definition) is 0. The maximum absolute atomic E-state index is 15.4. The molecule has 352 valence electrons. The minimum Gasteiger partial charge on any atom is -0.249 e. The highest BCUT2D eigenvalue weighted by Gasteiger charge is 2.52. The van der Waals surface area contributed by atoms with Crippen LogP contribution in [-0.4, -0.2) is 11.1 Å². The third-order valence-electron chi connectivity index (χ3n) is 10.5. The summed E-state index contributed by atoms with van der Waals surface area (Å²) in [5, 5.41) is 0. The Morgan fingerprint density at radius 1 is 0.394 bits per heavy atom. The van der Waals surface area contributed by atoms with Crippen LogP contribution in [0.25, 0.3) is 0 Å². The smallest absolute Gasteiger partial charge is 0.200 e. The van der Waals surface area contributed by atoms with E-state index in [1.54, 1.807) is 0 Å². The second-order valence-electron chi connectivity index (χ2n) is 14.5. The monoisotopic (exact) mass is 962 g/mol. The van der Waals surface area contributed by atoms with Crippen molar-refractivity contribution in [2.45, 2.75) is 58.4 Å². The Morgan fingerprint density at radius 3 is 1.03 bits per heavy atom. The van der Waals surface area contributed by atoms with Gasteiger partial charge in [-0.3, -0.25) is 0 Å². The number of aryl methyl sites for hydroxylation is 1. The van der Waals surface area contributed by atoms with Crippen molar-refractivity contribution >= 4 is 28.0 Å². The summed E-state index contributed by atoms with van der Waals surface area (Å²) in [6.07, 6.45) is 8.08. The third-order valence-corrected chi connectivity index (χ3v) is 10.5. The van der Waals surface area contributed by atoms with Crippen molar-refractivity contribution in [2.24, 2.45) is 0 Å². The van der Waals surface area contributed by atoms with Crippen molar-refractivity contribution in [3.8, 4) is 0 Å². The molecule has 0 bridgehead atoms. The van der Waals surface area contributed by atoms with Gasteiger partial charge in [0.15, 0.2) is 88.7 Å². The van der Waals surface area contributed by atoms with Gasteiger partial charge in [-0.05, 0) is 12.8 Å². The number of aromatic nitrogens is 2. The minimum atomic E-state index is -7.22. The van der Waals surface area contributed by atoms with Crippen molar-refractivity contribution < 1.29 is 92.4 Å². The molecule has 0 saturated heterocycles. The van der Waals surface area contributed by atoms with Crippen LogP contribution in [0, 0.1) is 116 Å². The molecule has 0 spiro atoms. The summed E-state index contributed by atoms with van der Waals surface area (Å²) in [5.41, 5.74) is -11.8. The van der Waals surface area contributed by atoms with Gasteiger partial charge >= 0.3 is 0 Å². The number of rotatable bonds is 13. The Bertz CT molecular complexity index is 2400. The second-order valence-corrected chi connectivity index (χ2v) is 14.5. The molecule has 0 unspecified atom stereocenters. The minimum absolute atomic E-state index is 0.923. The van der Waals surface area contributed by atoms with Gasteiger partial charge < -0.3 is 0 Å². The van der Waals surface area contributed by atoms with Gasteiger partial charge in [0.25, 0.3) is 0 Å². The van der Waals surface area contributed by atoms with Gasteiger partial charge in [-0.15, -0.1) is 21.9 Å². The molecule has 0 radical (unpaired) electrons. The van der Waals surface area contributed by atoms with Crippen LogP contribution in [0.5, 0.6) is 0 Å². The number of hydrogen-bond acceptors (Lipinski definition) is 1. The van der Waals surface area contributed by atoms with Gasteiger partial charge in [-0.2, -0.15) is 4.57 Å². The summed E-state index contributed by atoms with van der Waals surface area (Å²) in [5.74, 6) is -71.4. The first kappa shape index (κ1) is 50.8. The number of benzene rings is 5. The predicted molar refractivity (Wildman–Crippen MR) is 196 cm³/mol. The maximum Gasteiger partial charge on any atom is 0.200 e. The van der Waals surface area contributed by atoms with E-state index < -0.39 is 144 Å². The largest absolute Gasteiger partial charge is 0.249 e. The van der Waals surface area contributed by atoms with Crippen LogP contribution in [0.3, 0.4) is 0 Å². The van der Waals surface area contributed by atoms with Crippen molar-refractivity contribution in [3.63, 3.8) is 0 Å². The summed E-state index contributed by atoms with van der Waals surface area (Å²) in [6, 6.07) is 10.6. The molecule has 66 heavy (non-hydrogen) atoms. The summed E-state index contributed by atoms with van der Waals surface area (Å²) in [4.78, 5) is 4.49. The van der Waals surface area contributed by atoms with Crippen LogP contribution < -0.4 is 26.4 Å². The molecule has 0 amide bonds. The Kier molecular flexibility index (Phi) is 15.8. The van der Waals surface area contributed by atoms with Crippen LogP contribution in [0.15, 0.2) is 48.9 Å². The van der Waals surface area contributed by atoms with E-state index in [1.807, 2.05) is 6.20 Å². The molecule has 5 aromatic carbocycles. The van der Waals surface area contributed by atoms with Crippen molar-refractivity contribution in [2.75, 3.05) is 0 Å². The van der Waals surface area contributed by atoms with Crippen LogP contribution in [0.2, 0.25) is 0 Å². The lowest BCUT2D eigenvalue weighted by atomic mass is 9.12. The van der Waals surface area contributed by atoms with Crippen LogP contribution >= 0.6 is 0 Å². The highest BCUT2D eigenvalue weighted by Crippen LogP contribution is 2.31. The zero-order valence-electron chi connectivity index (χ0n) is 33.3. The van der Waals surface area contributed by atoms with Gasteiger partial charge in [-0.25, -0.2) is 92.8 Å². The Labute approximate surface area is 360 Å². The van der Waals surface area contributed by atoms with Crippen molar-refractivity contribution in [3.05, 3.63) is 177 Å². The van der Waals surface area contributed by atoms with Gasteiger partial charge in [-0.1, -0.05) is 69.4 Å². The molecule has 0 aliphatic rings. The van der Waals surface area contributed by atoms with Gasteiger partial charge in [0, 0.05) is 5.56 Å². The van der Waals surface area contributed by atoms with E-state index in [9.17, 15) is 52.7 Å². The molecule has 6 aromatic rings. The summed E-state index contributed by atoms with van der Waals surface area (Å²) in [7, 11) is 0. The highest BCUT2D eigenvalue weighted by molar-refractivity contribution is 7.20. The molecule has 1 heterocycles. The highest BCUT2D eigenvalue weighted by atomic mass is 19.2. The van der Waals surface area contributed by atoms with Gasteiger partial charge in [0.1, 0.15) is 58.4 Å². The van der Waals surface area contributed by atoms with E-state index in [4.69, 9.17) is 0 Å². The molecule has 0 aliphatic heterocycles. The number of halogens is 20. The Balaban J connectivity index is 0.000000324. The van der Waals surface area contributed by atoms with E-state index in [0.717, 1.165) is 13.0 Å². The molecule has 0 saturated carbocycles. The topological polar surface area (TPSA) is 16.8 Å². The van der Waals surface area contributed by atoms with Gasteiger partial charge in [0.2, 0.25) is 0 Å². The molecule has 0 atom stereocenters. The molecule has 6 rings (SSSR count). The van der Waals surface area contributed by atoms with Crippen LogP contribution in [0.1, 0.15) is 56.7 Å². The van der Waals surface area contributed by atoms with Crippen LogP contribution in [0.4, 0.5) is 87.8 Å². The molecule has 2 nitrogen and oxygen atoms in total. The van der Waals surface area contributed by atoms with E-state index >= 15 is 35.1 Å². The molecule has 1 aromatic heterocycles. The molecule has 0 aliphatic carbocycles. The quantitative estimate of drug-likeness (QED) is 0.0282. The summed E-state index contributed by atoms with van der Waals surface area (Å²) in [6.45, 7) is 3.19. The standard InChI is InChI=1S/C24BF20.C19H27N2/c26-5-1(6(27)14(35)21(42)13(5)34)25(2-7(28)15(36)22(43)16(37)8(2)29,3-9(30)17(38)23(44)18(39)10(3)31)4-11(32)19(40)24(45)20(41)12(4)33;1-2-3-4-5-6-10-13-19-17-21(15-14-20-19)16-18-11-8-7-9-12-18/h;7-9,11-12,14-15,17H,2-6,10,13,16H2,1H3/q-1;+1. The first-order chi connectivity index (χ1) is 31.1. The lowest BCUT2D eigenvalue weighted by Crippen LogP contribution is -2.81. The molecule has 0 N–H and O–H groups in total. The molecular weight excluding hydrogens is 935 g/mol. The van der Waals surface area contributed by atoms with E-state index in [1.165, 1.54) is 49.8 Å². The fourth-order valence-corrected chi connectivity index (χ4v) is 7.46. The average molecular weight is 962 g/mol. The van der Waals surface area contributed by atoms with Crippen molar-refractivity contribution in [1.82, 2.24) is 4.98 Å². The van der Waals surface area contributed by atoms with E-state index in [0.29, 0.717) is 0 Å². The molecular formula is C43H27BF20N2. The summed E-state index contributed by atoms with van der Waals surface area (Å²) < 4.78 is 296. The normalized spacial score (nSPS) is 11.6. The summed E-state index contributed by atoms with van der Waals surface area (Å²) >= 11 is 0. The first-order valence-corrected chi connectivity index (χ1v) is 19.2. The maximum atomic E-state index is 15.4. The van der Waals surface area contributed by atoms with E-state index in [2.05, 4.69) is 59.2 Å². The van der Waals surface area contributed by atoms with Crippen LogP contribution in [-0.2, 0) is 13.0 Å². The SMILES string of the molecule is CCCCCCCCc1c[n+](Cc2ccccc2)ccn1.Fc1c(F)c(F)c([B-](c2c(F)c(F)c(F)c(F)c2F)(c2c(F)c(F)c(F)c(F)c2F)c2c(F)c(F)c(F)c(F)c2F)c(F)c1F. The fourth-order valence-electron chi connectivity index (χ4n) is 7.46. The fraction of sp³-hybridized carbons (Fsp3) is 0.209. The zero-order chi connectivity index (χ0) is 49.1. The zero-order valence-corrected chi connectivity index (χ0v) is 33.3. The first-order valence-electron chi connectivity index (χ1n) is 19.2. The Morgan fingerprint density at radius 2 is 0.697 bits per heavy atom. The lowest BCUT2D eigenvalue weighted by molar-refractivity contribution is -0.689. The molecule has 23 heteroatoms. The average Bonchev–Trinajstić information content (AvgIpc) is 3.30. The van der Waals surface area contributed by atoms with E-state index in [-0.39, 0.29) is 0 Å². The number of nitrogens with zero attached hydrogens (tertiary/aromatic N) is 2. The predicted octanol–water partition coefficient (Wildman–Crippen LogP) is 10.2. The van der Waals surface area contributed by atoms with Crippen molar-refractivity contribution in [1.29, 1.82) is 0 Å².